The summed E-state index contributed by atoms with van der Waals surface area (Å²) in [6.45, 7) is 8.05. The van der Waals surface area contributed by atoms with E-state index >= 15 is 0 Å². The first-order valence-electron chi connectivity index (χ1n) is 17.0. The number of nitrogens with zero attached hydrogens (tertiary/aromatic N) is 4. The van der Waals surface area contributed by atoms with E-state index in [1.54, 1.807) is 30.5 Å². The van der Waals surface area contributed by atoms with Crippen molar-refractivity contribution in [2.24, 2.45) is 17.0 Å². The third kappa shape index (κ3) is 10.6. The van der Waals surface area contributed by atoms with E-state index in [1.165, 1.54) is 27.6 Å². The molecule has 0 radical (unpaired) electrons. The normalized spacial score (nSPS) is 15.6. The molecule has 0 saturated heterocycles. The van der Waals surface area contributed by atoms with Crippen molar-refractivity contribution in [3.63, 3.8) is 0 Å². The van der Waals surface area contributed by atoms with Gasteiger partial charge in [0.15, 0.2) is 0 Å². The molecule has 14 heteroatoms. The summed E-state index contributed by atoms with van der Waals surface area (Å²) in [7, 11) is -2.39. The van der Waals surface area contributed by atoms with Crippen LogP contribution in [0, 0.1) is 11.8 Å². The van der Waals surface area contributed by atoms with Crippen molar-refractivity contribution in [1.29, 1.82) is 0 Å². The molecule has 0 spiro atoms. The van der Waals surface area contributed by atoms with E-state index in [0.29, 0.717) is 5.56 Å². The summed E-state index contributed by atoms with van der Waals surface area (Å²) in [4.78, 5) is 33.3. The Kier molecular flexibility index (Phi) is 13.9. The number of carbonyl (C=O) groups excluding carboxylic acids is 2. The SMILES string of the molecule is CC(C)c1nc(CN(C)C(=O)N[C@@H](C(=O)N[C@@H](Cc2ccccc2)C(O)CN(CC2CCC2)S(=O)(=O)c2ccc(/C=N/O)cc2)C(C)C)cs1. The van der Waals surface area contributed by atoms with Crippen LogP contribution in [0.15, 0.2) is 70.0 Å². The van der Waals surface area contributed by atoms with Crippen LogP contribution in [-0.4, -0.2) is 89.4 Å². The van der Waals surface area contributed by atoms with E-state index in [-0.39, 0.29) is 48.7 Å². The molecule has 1 heterocycles. The maximum atomic E-state index is 14.0. The van der Waals surface area contributed by atoms with Crippen LogP contribution in [0.2, 0.25) is 0 Å². The number of carbonyl (C=O) groups is 2. The minimum Gasteiger partial charge on any atom is -0.411 e. The number of hydrogen-bond acceptors (Lipinski definition) is 9. The lowest BCUT2D eigenvalue weighted by Gasteiger charge is -2.35. The maximum absolute atomic E-state index is 14.0. The fourth-order valence-electron chi connectivity index (χ4n) is 5.69. The van der Waals surface area contributed by atoms with Gasteiger partial charge in [0.05, 0.1) is 40.5 Å². The fourth-order valence-corrected chi connectivity index (χ4v) is 8.05. The van der Waals surface area contributed by atoms with Gasteiger partial charge in [-0.2, -0.15) is 4.31 Å². The average Bonchev–Trinajstić information content (AvgIpc) is 3.53. The lowest BCUT2D eigenvalue weighted by atomic mass is 9.85. The summed E-state index contributed by atoms with van der Waals surface area (Å²) in [5, 5.41) is 32.3. The lowest BCUT2D eigenvalue weighted by molar-refractivity contribution is -0.125. The van der Waals surface area contributed by atoms with E-state index < -0.39 is 40.1 Å². The van der Waals surface area contributed by atoms with Gasteiger partial charge in [-0.15, -0.1) is 11.3 Å². The van der Waals surface area contributed by atoms with Gasteiger partial charge in [-0.1, -0.05) is 81.7 Å². The average molecular weight is 727 g/mol. The van der Waals surface area contributed by atoms with Crippen molar-refractivity contribution >= 4 is 39.5 Å². The summed E-state index contributed by atoms with van der Waals surface area (Å²) < 4.78 is 29.2. The number of amides is 3. The van der Waals surface area contributed by atoms with Gasteiger partial charge in [-0.3, -0.25) is 4.79 Å². The van der Waals surface area contributed by atoms with Crippen LogP contribution >= 0.6 is 11.3 Å². The zero-order chi connectivity index (χ0) is 36.4. The van der Waals surface area contributed by atoms with Crippen LogP contribution in [0.3, 0.4) is 0 Å². The van der Waals surface area contributed by atoms with E-state index in [1.807, 2.05) is 49.6 Å². The lowest BCUT2D eigenvalue weighted by Crippen LogP contribution is -2.58. The molecule has 272 valence electrons. The largest absolute Gasteiger partial charge is 0.411 e. The Labute approximate surface area is 299 Å². The molecule has 1 aliphatic carbocycles. The number of thiazole rings is 1. The molecule has 4 rings (SSSR count). The predicted octanol–water partition coefficient (Wildman–Crippen LogP) is 4.82. The van der Waals surface area contributed by atoms with Gasteiger partial charge < -0.3 is 25.8 Å². The Morgan fingerprint density at radius 3 is 2.30 bits per heavy atom. The minimum atomic E-state index is -4.03. The molecule has 3 atom stereocenters. The molecule has 50 heavy (non-hydrogen) atoms. The van der Waals surface area contributed by atoms with Crippen molar-refractivity contribution in [2.45, 2.75) is 88.9 Å². The molecule has 12 nitrogen and oxygen atoms in total. The molecular formula is C36H50N6O6S2. The molecule has 0 bridgehead atoms. The number of aromatic nitrogens is 1. The summed E-state index contributed by atoms with van der Waals surface area (Å²) in [5.41, 5.74) is 2.15. The van der Waals surface area contributed by atoms with Crippen molar-refractivity contribution in [3.8, 4) is 0 Å². The number of aliphatic hydroxyl groups excluding tert-OH is 1. The minimum absolute atomic E-state index is 0.0487. The van der Waals surface area contributed by atoms with Gasteiger partial charge in [0.25, 0.3) is 0 Å². The third-order valence-corrected chi connectivity index (χ3v) is 12.0. The monoisotopic (exact) mass is 726 g/mol. The fraction of sp³-hybridized carbons (Fsp3) is 0.500. The van der Waals surface area contributed by atoms with Crippen molar-refractivity contribution in [3.05, 3.63) is 81.8 Å². The van der Waals surface area contributed by atoms with Gasteiger partial charge >= 0.3 is 6.03 Å². The highest BCUT2D eigenvalue weighted by Crippen LogP contribution is 2.30. The number of oxime groups is 1. The van der Waals surface area contributed by atoms with Crippen molar-refractivity contribution in [2.75, 3.05) is 20.1 Å². The molecule has 3 amide bonds. The number of sulfonamides is 1. The topological polar surface area (TPSA) is 165 Å². The van der Waals surface area contributed by atoms with Gasteiger partial charge in [0, 0.05) is 31.4 Å². The van der Waals surface area contributed by atoms with Gasteiger partial charge in [0.2, 0.25) is 15.9 Å². The highest BCUT2D eigenvalue weighted by atomic mass is 32.2. The number of rotatable bonds is 17. The zero-order valence-corrected chi connectivity index (χ0v) is 31.0. The summed E-state index contributed by atoms with van der Waals surface area (Å²) in [6, 6.07) is 13.1. The molecule has 1 fully saturated rings. The quantitative estimate of drug-likeness (QED) is 0.0880. The zero-order valence-electron chi connectivity index (χ0n) is 29.4. The summed E-state index contributed by atoms with van der Waals surface area (Å²) in [6.07, 6.45) is 2.97. The highest BCUT2D eigenvalue weighted by molar-refractivity contribution is 7.89. The van der Waals surface area contributed by atoms with E-state index in [0.717, 1.165) is 35.5 Å². The molecule has 1 aliphatic rings. The number of nitrogens with one attached hydrogen (secondary N) is 2. The van der Waals surface area contributed by atoms with Gasteiger partial charge in [0.1, 0.15) is 6.04 Å². The molecule has 2 aromatic carbocycles. The Morgan fingerprint density at radius 2 is 1.74 bits per heavy atom. The smallest absolute Gasteiger partial charge is 0.318 e. The van der Waals surface area contributed by atoms with Crippen LogP contribution in [0.1, 0.15) is 74.7 Å². The van der Waals surface area contributed by atoms with Gasteiger partial charge in [-0.05, 0) is 54.4 Å². The van der Waals surface area contributed by atoms with Gasteiger partial charge in [-0.25, -0.2) is 18.2 Å². The first-order valence-corrected chi connectivity index (χ1v) is 19.4. The van der Waals surface area contributed by atoms with Crippen molar-refractivity contribution < 1.29 is 28.3 Å². The van der Waals surface area contributed by atoms with Crippen LogP contribution < -0.4 is 10.6 Å². The number of urea groups is 1. The molecule has 1 aromatic heterocycles. The second-order valence-corrected chi connectivity index (χ2v) is 16.5. The summed E-state index contributed by atoms with van der Waals surface area (Å²) >= 11 is 1.55. The van der Waals surface area contributed by atoms with Crippen LogP contribution in [0.4, 0.5) is 4.79 Å². The Balaban J connectivity index is 1.53. The predicted molar refractivity (Wildman–Crippen MR) is 195 cm³/mol. The molecule has 3 aromatic rings. The number of aliphatic hydroxyl groups is 1. The number of hydrogen-bond donors (Lipinski definition) is 4. The first-order chi connectivity index (χ1) is 23.8. The molecule has 1 unspecified atom stereocenters. The van der Waals surface area contributed by atoms with E-state index in [4.69, 9.17) is 5.21 Å². The Hall–Kier alpha value is -3.85. The molecule has 1 saturated carbocycles. The van der Waals surface area contributed by atoms with Crippen LogP contribution in [-0.2, 0) is 27.8 Å². The van der Waals surface area contributed by atoms with E-state index in [2.05, 4.69) is 34.6 Å². The first kappa shape index (κ1) is 38.9. The molecular weight excluding hydrogens is 677 g/mol. The summed E-state index contributed by atoms with van der Waals surface area (Å²) in [5.74, 6) is -0.320. The highest BCUT2D eigenvalue weighted by Gasteiger charge is 2.35. The van der Waals surface area contributed by atoms with Crippen LogP contribution in [0.25, 0.3) is 0 Å². The van der Waals surface area contributed by atoms with E-state index in [9.17, 15) is 23.1 Å². The Bertz CT molecular complexity index is 1680. The number of benzene rings is 2. The van der Waals surface area contributed by atoms with Crippen LogP contribution in [0.5, 0.6) is 0 Å². The second-order valence-electron chi connectivity index (χ2n) is 13.7. The molecule has 4 N–H and O–H groups in total. The Morgan fingerprint density at radius 1 is 1.06 bits per heavy atom. The second kappa shape index (κ2) is 17.9. The van der Waals surface area contributed by atoms with Crippen molar-refractivity contribution in [1.82, 2.24) is 24.8 Å². The standard InChI is InChI=1S/C36H50N6O6S2/c1-24(2)33(40-36(45)41(5)21-29-23-49-35(38-29)25(3)4)34(44)39-31(18-26-10-7-6-8-11-26)32(43)22-42(20-28-12-9-13-28)50(47,48)30-16-14-27(15-17-30)19-37-46/h6-8,10-11,14-17,19,23-25,28,31-33,43,46H,9,12-13,18,20-22H2,1-5H3,(H,39,44)(H,40,45)/b37-19+/t31-,32?,33+/m0/s1. The maximum Gasteiger partial charge on any atom is 0.318 e. The molecule has 0 aliphatic heterocycles. The third-order valence-electron chi connectivity index (χ3n) is 8.93.